The first kappa shape index (κ1) is 36.8. The summed E-state index contributed by atoms with van der Waals surface area (Å²) in [7, 11) is 0. The number of aliphatic carboxylic acids is 3. The average molecular weight is 436 g/mol. The molecule has 0 aliphatic carbocycles. The predicted molar refractivity (Wildman–Crippen MR) is 85.8 cm³/mol. The maximum atomic E-state index is 10.6. The van der Waals surface area contributed by atoms with Crippen LogP contribution in [0.4, 0.5) is 0 Å². The Kier molecular flexibility index (Phi) is 18.9. The molecule has 1 heterocycles. The van der Waals surface area contributed by atoms with Gasteiger partial charge in [-0.3, -0.25) is 0 Å². The predicted octanol–water partition coefficient (Wildman–Crippen LogP) is -6.35. The van der Waals surface area contributed by atoms with Gasteiger partial charge in [-0.2, -0.15) is 0 Å². The quantitative estimate of drug-likeness (QED) is 0.172. The highest BCUT2D eigenvalue weighted by Gasteiger charge is 2.34. The minimum absolute atomic E-state index is 0. The van der Waals surface area contributed by atoms with Gasteiger partial charge in [-0.05, 0) is 0 Å². The summed E-state index contributed by atoms with van der Waals surface area (Å²) in [6.45, 7) is -0.699. The molecule has 0 fully saturated rings. The lowest BCUT2D eigenvalue weighted by Gasteiger charge is -2.29. The zero-order valence-electron chi connectivity index (χ0n) is 16.2. The molecule has 0 saturated heterocycles. The third-order valence-corrected chi connectivity index (χ3v) is 2.71. The summed E-state index contributed by atoms with van der Waals surface area (Å²) in [4.78, 5) is 40.5. The van der Waals surface area contributed by atoms with E-state index in [0.29, 0.717) is 0 Å². The second kappa shape index (κ2) is 14.9. The molecule has 20 N–H and O–H groups in total. The second-order valence-electron chi connectivity index (χ2n) is 4.71. The van der Waals surface area contributed by atoms with Crippen molar-refractivity contribution < 1.29 is 64.8 Å². The topological polar surface area (TPSA) is 397 Å². The first-order valence-corrected chi connectivity index (χ1v) is 6.29. The van der Waals surface area contributed by atoms with Crippen LogP contribution in [-0.4, -0.2) is 68.7 Å². The molecule has 0 bridgehead atoms. The van der Waals surface area contributed by atoms with Crippen LogP contribution in [0.15, 0.2) is 11.5 Å². The number of carbonyl (C=O) groups is 4. The van der Waals surface area contributed by atoms with Crippen molar-refractivity contribution in [3.05, 3.63) is 11.5 Å². The second-order valence-corrected chi connectivity index (χ2v) is 4.71. The number of rotatable bonds is 7. The first-order chi connectivity index (χ1) is 11.4. The number of esters is 1. The standard InChI is InChI=1S/C6H8O7.C6H8O6.4H3N/c7-3(8)1-6(13,5(11)12)2-4(9)10;7-1-2(8)5-3(9)4(10)6(11)12-5;;;;/h13H,1-2H2,(H,7,8)(H,9,10)(H,11,12);2,5,7-10H,1H2;4*1H3/t;2-,5+;;;;/m.0..../s1. The molecule has 174 valence electrons. The molecule has 29 heavy (non-hydrogen) atoms. The van der Waals surface area contributed by atoms with Crippen LogP contribution in [0.3, 0.4) is 0 Å². The molecule has 17 nitrogen and oxygen atoms in total. The average Bonchev–Trinajstić information content (AvgIpc) is 2.73. The molecular weight excluding hydrogens is 408 g/mol. The van der Waals surface area contributed by atoms with E-state index in [1.807, 2.05) is 0 Å². The fourth-order valence-corrected chi connectivity index (χ4v) is 1.50. The molecule has 2 atom stereocenters. The molecule has 17 heteroatoms. The smallest absolute Gasteiger partial charge is 0.327 e. The maximum Gasteiger partial charge on any atom is 0.327 e. The van der Waals surface area contributed by atoms with E-state index in [0.717, 1.165) is 0 Å². The van der Waals surface area contributed by atoms with Gasteiger partial charge < -0.3 is 84.6 Å². The van der Waals surface area contributed by atoms with Crippen LogP contribution in [0.25, 0.3) is 0 Å². The Morgan fingerprint density at radius 3 is 1.62 bits per heavy atom. The number of aliphatic hydroxyl groups is 4. The Balaban J connectivity index is -0.000000116. The number of cyclic esters (lactones) is 1. The van der Waals surface area contributed by atoms with Crippen LogP contribution >= 0.6 is 0 Å². The van der Waals surface area contributed by atoms with E-state index < -0.39 is 72.7 Å². The number of carboxylic acids is 3. The van der Waals surface area contributed by atoms with Gasteiger partial charge in [0.1, 0.15) is 17.5 Å². The summed E-state index contributed by atoms with van der Waals surface area (Å²) in [6, 6.07) is 0. The van der Waals surface area contributed by atoms with Crippen LogP contribution < -0.4 is 45.0 Å². The summed E-state index contributed by atoms with van der Waals surface area (Å²) in [5.74, 6) is -9.24. The molecule has 0 radical (unpaired) electrons. The minimum atomic E-state index is -2.97. The monoisotopic (exact) mass is 436 g/mol. The molecular formula is C12H28N4O13. The number of aliphatic hydroxyl groups excluding tert-OH is 3. The molecule has 0 spiro atoms. The van der Waals surface area contributed by atoms with Crippen molar-refractivity contribution in [2.45, 2.75) is 30.7 Å². The third kappa shape index (κ3) is 10.8. The largest absolute Gasteiger partial charge is 0.865 e. The van der Waals surface area contributed by atoms with Gasteiger partial charge in [0.15, 0.2) is 6.10 Å². The molecule has 1 aliphatic rings. The van der Waals surface area contributed by atoms with E-state index in [9.17, 15) is 39.6 Å². The van der Waals surface area contributed by atoms with E-state index >= 15 is 0 Å². The fraction of sp³-hybridized carbons (Fsp3) is 0.500. The summed E-state index contributed by atoms with van der Waals surface area (Å²) in [5, 5.41) is 75.7. The van der Waals surface area contributed by atoms with Gasteiger partial charge in [-0.1, -0.05) is 0 Å². The molecule has 1 aliphatic heterocycles. The van der Waals surface area contributed by atoms with Crippen molar-refractivity contribution in [3.63, 3.8) is 0 Å². The fourth-order valence-electron chi connectivity index (χ4n) is 1.50. The van der Waals surface area contributed by atoms with Crippen molar-refractivity contribution in [1.82, 2.24) is 24.6 Å². The Bertz CT molecular complexity index is 578. The van der Waals surface area contributed by atoms with Gasteiger partial charge in [-0.15, -0.1) is 0 Å². The molecule has 0 amide bonds. The maximum absolute atomic E-state index is 10.6. The number of hydrogen-bond donors (Lipinski definition) is 8. The Hall–Kier alpha value is -3.06. The summed E-state index contributed by atoms with van der Waals surface area (Å²) in [6.07, 6.45) is -5.59. The van der Waals surface area contributed by atoms with E-state index in [1.165, 1.54) is 0 Å². The highest BCUT2D eigenvalue weighted by Crippen LogP contribution is 2.19. The zero-order valence-corrected chi connectivity index (χ0v) is 16.2. The van der Waals surface area contributed by atoms with Crippen LogP contribution in [0.5, 0.6) is 0 Å². The molecule has 0 aromatic rings. The van der Waals surface area contributed by atoms with Gasteiger partial charge in [0.25, 0.3) is 0 Å². The van der Waals surface area contributed by atoms with E-state index in [4.69, 9.17) is 20.4 Å². The van der Waals surface area contributed by atoms with Gasteiger partial charge in [0.05, 0.1) is 12.6 Å². The number of carboxylic acid groups (broad SMARTS) is 3. The van der Waals surface area contributed by atoms with Crippen LogP contribution in [-0.2, 0) is 23.9 Å². The van der Waals surface area contributed by atoms with Crippen LogP contribution in [0.1, 0.15) is 12.8 Å². The first-order valence-electron chi connectivity index (χ1n) is 6.29. The van der Waals surface area contributed by atoms with Gasteiger partial charge >= 0.3 is 5.97 Å². The SMILES string of the molecule is O=C([O-])CC(O)(CC(=O)[O-])C(=O)[O-].O=C1O[C@H]([C@@H](O)CO)C(O)=C1[O-].[NH4+].[NH4+].[NH4+].[NH4+]. The van der Waals surface area contributed by atoms with E-state index in [2.05, 4.69) is 4.74 Å². The van der Waals surface area contributed by atoms with E-state index in [1.54, 1.807) is 0 Å². The molecule has 1 rings (SSSR count). The van der Waals surface area contributed by atoms with Crippen molar-refractivity contribution in [3.8, 4) is 0 Å². The molecule has 0 saturated carbocycles. The number of hydrogen-bond acceptors (Lipinski definition) is 13. The number of ether oxygens (including phenoxy) is 1. The van der Waals surface area contributed by atoms with Gasteiger partial charge in [0, 0.05) is 30.5 Å². The molecule has 0 aromatic heterocycles. The lowest BCUT2D eigenvalue weighted by molar-refractivity contribution is -0.339. The van der Waals surface area contributed by atoms with Crippen molar-refractivity contribution >= 4 is 23.9 Å². The van der Waals surface area contributed by atoms with E-state index in [-0.39, 0.29) is 24.6 Å². The Morgan fingerprint density at radius 1 is 1.03 bits per heavy atom. The third-order valence-electron chi connectivity index (χ3n) is 2.71. The summed E-state index contributed by atoms with van der Waals surface area (Å²) < 4.78 is 4.25. The number of carbonyl (C=O) groups excluding carboxylic acids is 4. The Labute approximate surface area is 163 Å². The van der Waals surface area contributed by atoms with Gasteiger partial charge in [0.2, 0.25) is 0 Å². The van der Waals surface area contributed by atoms with Crippen LogP contribution in [0.2, 0.25) is 0 Å². The lowest BCUT2D eigenvalue weighted by atomic mass is 9.96. The van der Waals surface area contributed by atoms with Crippen molar-refractivity contribution in [2.24, 2.45) is 0 Å². The Morgan fingerprint density at radius 2 is 1.41 bits per heavy atom. The molecule has 0 aromatic carbocycles. The zero-order chi connectivity index (χ0) is 19.9. The normalized spacial score (nSPS) is 15.6. The minimum Gasteiger partial charge on any atom is -0.865 e. The lowest BCUT2D eigenvalue weighted by Crippen LogP contribution is -2.54. The summed E-state index contributed by atoms with van der Waals surface area (Å²) >= 11 is 0. The van der Waals surface area contributed by atoms with Crippen molar-refractivity contribution in [1.29, 1.82) is 0 Å². The highest BCUT2D eigenvalue weighted by atomic mass is 16.6. The summed E-state index contributed by atoms with van der Waals surface area (Å²) in [5.41, 5.74) is -2.97. The highest BCUT2D eigenvalue weighted by molar-refractivity contribution is 5.88. The number of quaternary nitrogens is 4. The van der Waals surface area contributed by atoms with Crippen LogP contribution in [0, 0.1) is 0 Å². The molecule has 0 unspecified atom stereocenters. The van der Waals surface area contributed by atoms with Gasteiger partial charge in [-0.25, -0.2) is 4.79 Å². The van der Waals surface area contributed by atoms with Crippen molar-refractivity contribution in [2.75, 3.05) is 6.61 Å².